The molecule has 0 radical (unpaired) electrons. The van der Waals surface area contributed by atoms with E-state index in [0.717, 1.165) is 4.57 Å². The summed E-state index contributed by atoms with van der Waals surface area (Å²) in [6, 6.07) is -2.07. The van der Waals surface area contributed by atoms with Gasteiger partial charge in [-0.25, -0.2) is 14.7 Å². The molecule has 3 N–H and O–H groups in total. The third-order valence-electron chi connectivity index (χ3n) is 9.58. The number of hydrogen-bond donors (Lipinski definition) is 3. The van der Waals surface area contributed by atoms with E-state index in [1.807, 2.05) is 0 Å². The number of rotatable bonds is 13. The summed E-state index contributed by atoms with van der Waals surface area (Å²) in [5, 5.41) is 6.43. The van der Waals surface area contributed by atoms with E-state index in [2.05, 4.69) is 58.9 Å². The maximum absolute atomic E-state index is 15.0. The van der Waals surface area contributed by atoms with E-state index in [9.17, 15) is 34.1 Å². The number of carbonyl (C=O) groups excluding carboxylic acids is 1. The highest BCUT2D eigenvalue weighted by Gasteiger charge is 2.48. The van der Waals surface area contributed by atoms with Crippen LogP contribution in [0.25, 0.3) is 10.4 Å². The Bertz CT molecular complexity index is 1950. The minimum absolute atomic E-state index is 0.00125. The molecule has 2 aromatic heterocycles. The van der Waals surface area contributed by atoms with Crippen LogP contribution >= 0.6 is 7.52 Å². The van der Waals surface area contributed by atoms with Gasteiger partial charge in [-0.1, -0.05) is 25.9 Å². The molecule has 2 aliphatic heterocycles. The normalized spacial score (nSPS) is 25.6. The summed E-state index contributed by atoms with van der Waals surface area (Å²) in [7, 11) is -5.38. The predicted molar refractivity (Wildman–Crippen MR) is 187 cm³/mol. The SMILES string of the molecule is COC(=O)[C@H](C)NP(=O)(C[C@H]1O[C@@H](n2cc(C)c(=O)[nH]c2=O)C[C@@H]1N=[N+]=[N-])O[C@H]1C[C@H](n2cc(C)c(=O)[nH]c2=O)O[C@@H]1CO[Si](C)(C)C(C)(C)C. The van der Waals surface area contributed by atoms with Crippen molar-refractivity contribution >= 4 is 21.8 Å². The van der Waals surface area contributed by atoms with Crippen molar-refractivity contribution in [1.82, 2.24) is 24.2 Å². The van der Waals surface area contributed by atoms with Gasteiger partial charge in [0.25, 0.3) is 18.6 Å². The van der Waals surface area contributed by atoms with Crippen molar-refractivity contribution in [3.63, 3.8) is 0 Å². The third kappa shape index (κ3) is 9.25. The molecule has 0 aliphatic carbocycles. The van der Waals surface area contributed by atoms with Crippen LogP contribution in [0.4, 0.5) is 0 Å². The molecule has 2 aromatic rings. The Labute approximate surface area is 294 Å². The maximum atomic E-state index is 15.0. The molecule has 19 nitrogen and oxygen atoms in total. The number of nitrogens with zero attached hydrogens (tertiary/aromatic N) is 5. The molecule has 2 fully saturated rings. The first-order valence-electron chi connectivity index (χ1n) is 16.4. The molecule has 8 atom stereocenters. The van der Waals surface area contributed by atoms with Crippen LogP contribution < -0.4 is 27.6 Å². The monoisotopic (exact) mass is 754 g/mol. The minimum Gasteiger partial charge on any atom is -0.468 e. The highest BCUT2D eigenvalue weighted by Crippen LogP contribution is 2.51. The Morgan fingerprint density at radius 1 is 1.06 bits per heavy atom. The van der Waals surface area contributed by atoms with Gasteiger partial charge in [0.1, 0.15) is 24.6 Å². The number of nitrogens with one attached hydrogen (secondary N) is 3. The van der Waals surface area contributed by atoms with Crippen molar-refractivity contribution in [1.29, 1.82) is 0 Å². The van der Waals surface area contributed by atoms with Gasteiger partial charge in [-0.15, -0.1) is 0 Å². The Morgan fingerprint density at radius 3 is 2.10 bits per heavy atom. The molecule has 0 spiro atoms. The van der Waals surface area contributed by atoms with Gasteiger partial charge in [0.05, 0.1) is 38.1 Å². The summed E-state index contributed by atoms with van der Waals surface area (Å²) in [5.41, 5.74) is 7.29. The third-order valence-corrected chi connectivity index (χ3v) is 16.3. The quantitative estimate of drug-likeness (QED) is 0.0667. The van der Waals surface area contributed by atoms with Gasteiger partial charge >= 0.3 is 17.3 Å². The van der Waals surface area contributed by atoms with Crippen LogP contribution in [0.1, 0.15) is 64.1 Å². The topological polar surface area (TPSA) is 251 Å². The summed E-state index contributed by atoms with van der Waals surface area (Å²) >= 11 is 0. The average molecular weight is 755 g/mol. The largest absolute Gasteiger partial charge is 0.468 e. The van der Waals surface area contributed by atoms with Crippen LogP contribution in [0, 0.1) is 13.8 Å². The van der Waals surface area contributed by atoms with Gasteiger partial charge in [0.15, 0.2) is 8.32 Å². The van der Waals surface area contributed by atoms with Crippen LogP contribution in [-0.2, 0) is 32.5 Å². The lowest BCUT2D eigenvalue weighted by molar-refractivity contribution is -0.142. The van der Waals surface area contributed by atoms with Crippen LogP contribution in [0.15, 0.2) is 36.7 Å². The Balaban J connectivity index is 1.71. The number of azide groups is 1. The number of aromatic amines is 2. The number of carbonyl (C=O) groups is 1. The van der Waals surface area contributed by atoms with Crippen LogP contribution in [0.5, 0.6) is 0 Å². The zero-order valence-corrected chi connectivity index (χ0v) is 32.1. The van der Waals surface area contributed by atoms with Gasteiger partial charge < -0.3 is 23.2 Å². The van der Waals surface area contributed by atoms with Gasteiger partial charge in [-0.05, 0) is 44.4 Å². The standard InChI is InChI=1S/C30H47N8O11PSi/c1-16-12-37(28(42)32-25(16)39)23-10-19(34-36-31)22(48-23)15-50(44,35-18(3)27(41)45-7)49-20-11-24(38-13-17(2)26(40)33-29(38)43)47-21(20)14-46-51(8,9)30(4,5)6/h12-13,18-24H,10-11,14-15H2,1-9H3,(H,35,44)(H,32,39,42)(H,33,40,43)/t18-,19-,20-,21+,22+,23+,24+,50?/m0/s1. The number of esters is 1. The molecule has 0 saturated carbocycles. The average Bonchev–Trinajstić information content (AvgIpc) is 3.61. The van der Waals surface area contributed by atoms with E-state index in [4.69, 9.17) is 23.2 Å². The fourth-order valence-electron chi connectivity index (χ4n) is 5.58. The summed E-state index contributed by atoms with van der Waals surface area (Å²) in [6.45, 7) is 14.8. The molecule has 21 heteroatoms. The summed E-state index contributed by atoms with van der Waals surface area (Å²) < 4.78 is 47.5. The number of aryl methyl sites for hydroxylation is 2. The Morgan fingerprint density at radius 2 is 1.59 bits per heavy atom. The Kier molecular flexibility index (Phi) is 12.2. The van der Waals surface area contributed by atoms with Gasteiger partial charge in [-0.2, -0.15) is 0 Å². The molecular formula is C30H47N8O11PSi. The lowest BCUT2D eigenvalue weighted by Gasteiger charge is -2.37. The van der Waals surface area contributed by atoms with E-state index in [0.29, 0.717) is 0 Å². The fourth-order valence-corrected chi connectivity index (χ4v) is 9.01. The van der Waals surface area contributed by atoms with Gasteiger partial charge in [0, 0.05) is 41.3 Å². The summed E-state index contributed by atoms with van der Waals surface area (Å²) in [4.78, 5) is 69.6. The van der Waals surface area contributed by atoms with E-state index < -0.39 is 93.3 Å². The molecule has 4 heterocycles. The first kappa shape index (κ1) is 40.2. The molecule has 282 valence electrons. The zero-order chi connectivity index (χ0) is 38.1. The summed E-state index contributed by atoms with van der Waals surface area (Å²) in [5.74, 6) is -0.737. The molecule has 0 amide bonds. The molecule has 4 rings (SSSR count). The van der Waals surface area contributed by atoms with E-state index in [-0.39, 0.29) is 35.6 Å². The first-order chi connectivity index (χ1) is 23.7. The van der Waals surface area contributed by atoms with E-state index in [1.54, 1.807) is 6.92 Å². The second kappa shape index (κ2) is 15.6. The van der Waals surface area contributed by atoms with Gasteiger partial charge in [0.2, 0.25) is 0 Å². The molecule has 0 aromatic carbocycles. The zero-order valence-electron chi connectivity index (χ0n) is 30.2. The molecule has 0 bridgehead atoms. The lowest BCUT2D eigenvalue weighted by atomic mass is 10.1. The van der Waals surface area contributed by atoms with Crippen LogP contribution in [0.3, 0.4) is 0 Å². The number of hydrogen-bond acceptors (Lipinski definition) is 12. The Hall–Kier alpha value is -3.61. The number of aromatic nitrogens is 4. The van der Waals surface area contributed by atoms with Crippen molar-refractivity contribution in [3.05, 3.63) is 75.6 Å². The van der Waals surface area contributed by atoms with Crippen LogP contribution in [0.2, 0.25) is 18.1 Å². The van der Waals surface area contributed by atoms with E-state index >= 15 is 0 Å². The first-order valence-corrected chi connectivity index (χ1v) is 21.2. The van der Waals surface area contributed by atoms with Gasteiger partial charge in [-0.3, -0.25) is 38.1 Å². The van der Waals surface area contributed by atoms with Crippen LogP contribution in [-0.4, -0.2) is 83.7 Å². The predicted octanol–water partition coefficient (Wildman–Crippen LogP) is 2.71. The number of methoxy groups -OCH3 is 1. The van der Waals surface area contributed by atoms with Crippen molar-refractivity contribution in [3.8, 4) is 0 Å². The second-order valence-electron chi connectivity index (χ2n) is 14.4. The summed E-state index contributed by atoms with van der Waals surface area (Å²) in [6.07, 6.45) is -2.63. The molecule has 1 unspecified atom stereocenters. The van der Waals surface area contributed by atoms with Crippen molar-refractivity contribution in [2.24, 2.45) is 5.11 Å². The molecule has 2 saturated heterocycles. The fraction of sp³-hybridized carbons (Fsp3) is 0.700. The molecule has 51 heavy (non-hydrogen) atoms. The second-order valence-corrected chi connectivity index (χ2v) is 21.4. The van der Waals surface area contributed by atoms with Crippen molar-refractivity contribution in [2.75, 3.05) is 19.9 Å². The van der Waals surface area contributed by atoms with E-state index in [1.165, 1.54) is 37.9 Å². The number of H-pyrrole nitrogens is 2. The number of ether oxygens (including phenoxy) is 3. The van der Waals surface area contributed by atoms with Crippen molar-refractivity contribution in [2.45, 2.75) is 115 Å². The smallest absolute Gasteiger partial charge is 0.330 e. The highest BCUT2D eigenvalue weighted by atomic mass is 31.2. The molecule has 2 aliphatic rings. The minimum atomic E-state index is -4.20. The highest BCUT2D eigenvalue weighted by molar-refractivity contribution is 7.57. The van der Waals surface area contributed by atoms with Crippen molar-refractivity contribution < 1.29 is 32.5 Å². The maximum Gasteiger partial charge on any atom is 0.330 e. The molecular weight excluding hydrogens is 707 g/mol. The lowest BCUT2D eigenvalue weighted by Crippen LogP contribution is -2.44.